The molecule has 0 unspecified atom stereocenters. The van der Waals surface area contributed by atoms with Gasteiger partial charge >= 0.3 is 0 Å². The van der Waals surface area contributed by atoms with Crippen LogP contribution in [0.25, 0.3) is 0 Å². The topological polar surface area (TPSA) is 71.0 Å². The van der Waals surface area contributed by atoms with Gasteiger partial charge < -0.3 is 9.64 Å². The number of rotatable bonds is 5. The molecule has 6 nitrogen and oxygen atoms in total. The SMILES string of the molecule is COc1ccc(C(=O)N2CCC(C(=O)N/N=C\c3cccc(Br)c3)CC2)cc1. The second-order valence-corrected chi connectivity index (χ2v) is 7.50. The molecular weight excluding hydrogens is 422 g/mol. The molecule has 1 aliphatic rings. The van der Waals surface area contributed by atoms with Crippen LogP contribution in [0.5, 0.6) is 5.75 Å². The summed E-state index contributed by atoms with van der Waals surface area (Å²) in [6.45, 7) is 1.11. The Morgan fingerprint density at radius 1 is 1.18 bits per heavy atom. The van der Waals surface area contributed by atoms with Gasteiger partial charge in [-0.15, -0.1) is 0 Å². The Kier molecular flexibility index (Phi) is 6.81. The van der Waals surface area contributed by atoms with Crippen LogP contribution < -0.4 is 10.2 Å². The maximum absolute atomic E-state index is 12.6. The normalized spacial score (nSPS) is 14.9. The van der Waals surface area contributed by atoms with Gasteiger partial charge in [0.05, 0.1) is 13.3 Å². The first-order valence-electron chi connectivity index (χ1n) is 9.08. The summed E-state index contributed by atoms with van der Waals surface area (Å²) >= 11 is 3.40. The fraction of sp³-hybridized carbons (Fsp3) is 0.286. The average Bonchev–Trinajstić information content (AvgIpc) is 2.73. The number of amides is 2. The van der Waals surface area contributed by atoms with E-state index in [9.17, 15) is 9.59 Å². The van der Waals surface area contributed by atoms with Crippen molar-refractivity contribution < 1.29 is 14.3 Å². The summed E-state index contributed by atoms with van der Waals surface area (Å²) in [7, 11) is 1.59. The fourth-order valence-corrected chi connectivity index (χ4v) is 3.53. The molecule has 1 fully saturated rings. The molecule has 0 aliphatic carbocycles. The van der Waals surface area contributed by atoms with E-state index >= 15 is 0 Å². The number of nitrogens with one attached hydrogen (secondary N) is 1. The maximum Gasteiger partial charge on any atom is 0.253 e. The summed E-state index contributed by atoms with van der Waals surface area (Å²) in [4.78, 5) is 26.7. The first kappa shape index (κ1) is 20.1. The summed E-state index contributed by atoms with van der Waals surface area (Å²) in [5.74, 6) is 0.451. The van der Waals surface area contributed by atoms with Gasteiger partial charge in [0.2, 0.25) is 5.91 Å². The zero-order chi connectivity index (χ0) is 19.9. The van der Waals surface area contributed by atoms with Gasteiger partial charge in [0, 0.05) is 29.0 Å². The predicted molar refractivity (Wildman–Crippen MR) is 112 cm³/mol. The van der Waals surface area contributed by atoms with Crippen LogP contribution in [0.2, 0.25) is 0 Å². The minimum atomic E-state index is -0.139. The van der Waals surface area contributed by atoms with Crippen molar-refractivity contribution in [1.29, 1.82) is 0 Å². The van der Waals surface area contributed by atoms with Crippen LogP contribution in [-0.2, 0) is 4.79 Å². The molecule has 146 valence electrons. The lowest BCUT2D eigenvalue weighted by Crippen LogP contribution is -2.42. The van der Waals surface area contributed by atoms with Crippen LogP contribution in [0.15, 0.2) is 58.1 Å². The highest BCUT2D eigenvalue weighted by Crippen LogP contribution is 2.20. The van der Waals surface area contributed by atoms with Crippen LogP contribution in [0.1, 0.15) is 28.8 Å². The average molecular weight is 444 g/mol. The van der Waals surface area contributed by atoms with E-state index in [0.29, 0.717) is 31.5 Å². The second kappa shape index (κ2) is 9.50. The molecule has 28 heavy (non-hydrogen) atoms. The molecule has 3 rings (SSSR count). The number of likely N-dealkylation sites (tertiary alicyclic amines) is 1. The van der Waals surface area contributed by atoms with E-state index in [2.05, 4.69) is 26.5 Å². The molecule has 1 heterocycles. The number of halogens is 1. The van der Waals surface area contributed by atoms with E-state index in [1.165, 1.54) is 0 Å². The Hall–Kier alpha value is -2.67. The molecule has 0 spiro atoms. The van der Waals surface area contributed by atoms with Crippen molar-refractivity contribution in [1.82, 2.24) is 10.3 Å². The third-order valence-electron chi connectivity index (χ3n) is 4.73. The lowest BCUT2D eigenvalue weighted by Gasteiger charge is -2.31. The molecule has 0 bridgehead atoms. The molecule has 2 aromatic carbocycles. The Labute approximate surface area is 172 Å². The van der Waals surface area contributed by atoms with Crippen molar-refractivity contribution >= 4 is 34.0 Å². The van der Waals surface area contributed by atoms with Crippen molar-refractivity contribution in [3.8, 4) is 5.75 Å². The minimum absolute atomic E-state index is 0.0193. The fourth-order valence-electron chi connectivity index (χ4n) is 3.11. The Morgan fingerprint density at radius 2 is 1.89 bits per heavy atom. The van der Waals surface area contributed by atoms with Gasteiger partial charge in [-0.05, 0) is 54.8 Å². The van der Waals surface area contributed by atoms with Crippen LogP contribution in [0, 0.1) is 5.92 Å². The zero-order valence-electron chi connectivity index (χ0n) is 15.6. The maximum atomic E-state index is 12.6. The third-order valence-corrected chi connectivity index (χ3v) is 5.22. The summed E-state index contributed by atoms with van der Waals surface area (Å²) in [6.07, 6.45) is 2.87. The van der Waals surface area contributed by atoms with Gasteiger partial charge in [0.15, 0.2) is 0 Å². The zero-order valence-corrected chi connectivity index (χ0v) is 17.2. The largest absolute Gasteiger partial charge is 0.497 e. The molecule has 2 aromatic rings. The standard InChI is InChI=1S/C21H22BrN3O3/c1-28-19-7-5-17(6-8-19)21(27)25-11-9-16(10-12-25)20(26)24-23-14-15-3-2-4-18(22)13-15/h2-8,13-14,16H,9-12H2,1H3,(H,24,26)/b23-14-. The van der Waals surface area contributed by atoms with E-state index in [4.69, 9.17) is 4.74 Å². The van der Waals surface area contributed by atoms with Gasteiger partial charge in [-0.25, -0.2) is 5.43 Å². The van der Waals surface area contributed by atoms with E-state index in [-0.39, 0.29) is 17.7 Å². The number of carbonyl (C=O) groups excluding carboxylic acids is 2. The van der Waals surface area contributed by atoms with E-state index in [1.807, 2.05) is 24.3 Å². The molecule has 1 saturated heterocycles. The molecule has 0 aromatic heterocycles. The number of nitrogens with zero attached hydrogens (tertiary/aromatic N) is 2. The van der Waals surface area contributed by atoms with Crippen molar-refractivity contribution in [2.75, 3.05) is 20.2 Å². The lowest BCUT2D eigenvalue weighted by atomic mass is 9.95. The van der Waals surface area contributed by atoms with Gasteiger partial charge in [0.25, 0.3) is 5.91 Å². The van der Waals surface area contributed by atoms with Crippen LogP contribution in [0.4, 0.5) is 0 Å². The highest BCUT2D eigenvalue weighted by Gasteiger charge is 2.27. The van der Waals surface area contributed by atoms with E-state index in [0.717, 1.165) is 15.8 Å². The van der Waals surface area contributed by atoms with E-state index < -0.39 is 0 Å². The highest BCUT2D eigenvalue weighted by atomic mass is 79.9. The minimum Gasteiger partial charge on any atom is -0.497 e. The highest BCUT2D eigenvalue weighted by molar-refractivity contribution is 9.10. The first-order valence-corrected chi connectivity index (χ1v) is 9.88. The Bertz CT molecular complexity index is 859. The number of hydrogen-bond acceptors (Lipinski definition) is 4. The number of hydrogen-bond donors (Lipinski definition) is 1. The summed E-state index contributed by atoms with van der Waals surface area (Å²) in [5, 5.41) is 4.04. The molecule has 2 amide bonds. The third kappa shape index (κ3) is 5.19. The summed E-state index contributed by atoms with van der Waals surface area (Å²) < 4.78 is 6.07. The van der Waals surface area contributed by atoms with Crippen LogP contribution in [0.3, 0.4) is 0 Å². The molecule has 0 saturated carbocycles. The Balaban J connectivity index is 1.48. The molecular formula is C21H22BrN3O3. The van der Waals surface area contributed by atoms with Gasteiger partial charge in [-0.3, -0.25) is 9.59 Å². The predicted octanol–water partition coefficient (Wildman–Crippen LogP) is 3.46. The number of piperidine rings is 1. The van der Waals surface area contributed by atoms with Crippen molar-refractivity contribution in [2.45, 2.75) is 12.8 Å². The second-order valence-electron chi connectivity index (χ2n) is 6.58. The van der Waals surface area contributed by atoms with Crippen LogP contribution in [-0.4, -0.2) is 43.1 Å². The Morgan fingerprint density at radius 3 is 2.54 bits per heavy atom. The number of methoxy groups -OCH3 is 1. The number of ether oxygens (including phenoxy) is 1. The lowest BCUT2D eigenvalue weighted by molar-refractivity contribution is -0.126. The van der Waals surface area contributed by atoms with Crippen molar-refractivity contribution in [3.05, 3.63) is 64.1 Å². The number of carbonyl (C=O) groups is 2. The molecule has 0 atom stereocenters. The molecule has 0 radical (unpaired) electrons. The van der Waals surface area contributed by atoms with Gasteiger partial charge in [-0.2, -0.15) is 5.10 Å². The quantitative estimate of drug-likeness (QED) is 0.567. The number of hydrazone groups is 1. The van der Waals surface area contributed by atoms with E-state index in [1.54, 1.807) is 42.5 Å². The molecule has 1 aliphatic heterocycles. The molecule has 1 N–H and O–H groups in total. The van der Waals surface area contributed by atoms with Gasteiger partial charge in [0.1, 0.15) is 5.75 Å². The summed E-state index contributed by atoms with van der Waals surface area (Å²) in [6, 6.07) is 14.7. The first-order chi connectivity index (χ1) is 13.6. The summed E-state index contributed by atoms with van der Waals surface area (Å²) in [5.41, 5.74) is 4.13. The molecule has 7 heteroatoms. The van der Waals surface area contributed by atoms with Crippen LogP contribution >= 0.6 is 15.9 Å². The van der Waals surface area contributed by atoms with Gasteiger partial charge in [-0.1, -0.05) is 28.1 Å². The number of benzene rings is 2. The monoisotopic (exact) mass is 443 g/mol. The van der Waals surface area contributed by atoms with Crippen molar-refractivity contribution in [2.24, 2.45) is 11.0 Å². The van der Waals surface area contributed by atoms with Crippen molar-refractivity contribution in [3.63, 3.8) is 0 Å². The smallest absolute Gasteiger partial charge is 0.253 e.